The normalized spacial score (nSPS) is 16.8. The first-order chi connectivity index (χ1) is 7.69. The zero-order valence-electron chi connectivity index (χ0n) is 8.30. The summed E-state index contributed by atoms with van der Waals surface area (Å²) in [4.78, 5) is 3.92. The minimum atomic E-state index is -0.347. The Morgan fingerprint density at radius 1 is 1.50 bits per heavy atom. The fraction of sp³-hybridized carbons (Fsp3) is 0.333. The Kier molecular flexibility index (Phi) is 2.32. The van der Waals surface area contributed by atoms with Gasteiger partial charge in [0.05, 0.1) is 5.69 Å². The summed E-state index contributed by atoms with van der Waals surface area (Å²) in [6.07, 6.45) is 1.79. The van der Waals surface area contributed by atoms with Crippen molar-refractivity contribution >= 4 is 5.71 Å². The van der Waals surface area contributed by atoms with Crippen LogP contribution in [0.3, 0.4) is 0 Å². The van der Waals surface area contributed by atoms with Crippen molar-refractivity contribution in [1.82, 2.24) is 9.71 Å². The van der Waals surface area contributed by atoms with E-state index in [0.29, 0.717) is 41.1 Å². The molecule has 1 aromatic heterocycles. The van der Waals surface area contributed by atoms with Crippen molar-refractivity contribution < 1.29 is 10.4 Å². The van der Waals surface area contributed by atoms with Crippen LogP contribution in [0.5, 0.6) is 0 Å². The molecule has 0 unspecified atom stereocenters. The molecule has 1 aliphatic rings. The maximum atomic E-state index is 9.67. The molecule has 0 bridgehead atoms. The summed E-state index contributed by atoms with van der Waals surface area (Å²) >= 11 is 0. The van der Waals surface area contributed by atoms with E-state index in [1.807, 2.05) is 0 Å². The fourth-order valence-electron chi connectivity index (χ4n) is 1.74. The van der Waals surface area contributed by atoms with E-state index < -0.39 is 0 Å². The van der Waals surface area contributed by atoms with Crippen LogP contribution in [0.25, 0.3) is 0 Å². The lowest BCUT2D eigenvalue weighted by molar-refractivity contribution is 0.157. The molecule has 16 heavy (non-hydrogen) atoms. The zero-order chi connectivity index (χ0) is 11.7. The third-order valence-corrected chi connectivity index (χ3v) is 2.52. The summed E-state index contributed by atoms with van der Waals surface area (Å²) in [5.74, 6) is 0. The molecular weight excluding hydrogens is 210 g/mol. The number of fused-ring (bicyclic) bond motifs is 1. The number of rotatable bonds is 0. The third-order valence-electron chi connectivity index (χ3n) is 2.52. The topological polar surface area (TPSA) is 118 Å². The van der Waals surface area contributed by atoms with Crippen molar-refractivity contribution in [2.75, 3.05) is 0 Å². The van der Waals surface area contributed by atoms with Crippen LogP contribution in [0.1, 0.15) is 29.9 Å². The van der Waals surface area contributed by atoms with E-state index in [0.717, 1.165) is 0 Å². The maximum absolute atomic E-state index is 9.67. The van der Waals surface area contributed by atoms with E-state index in [1.165, 1.54) is 0 Å². The maximum Gasteiger partial charge on any atom is 0.197 e. The molecular formula is C9H9N5O2. The molecule has 7 nitrogen and oxygen atoms in total. The van der Waals surface area contributed by atoms with Crippen LogP contribution in [0.15, 0.2) is 5.16 Å². The number of oxime groups is 1. The van der Waals surface area contributed by atoms with E-state index in [4.69, 9.17) is 15.9 Å². The number of aromatic nitrogens is 2. The molecule has 82 valence electrons. The third kappa shape index (κ3) is 1.32. The highest BCUT2D eigenvalue weighted by molar-refractivity contribution is 6.00. The van der Waals surface area contributed by atoms with Crippen molar-refractivity contribution in [1.29, 1.82) is 10.7 Å². The molecule has 0 aromatic carbocycles. The second-order valence-electron chi connectivity index (χ2n) is 3.43. The van der Waals surface area contributed by atoms with Gasteiger partial charge in [-0.2, -0.15) is 9.99 Å². The Labute approximate surface area is 90.4 Å². The van der Waals surface area contributed by atoms with Gasteiger partial charge in [-0.1, -0.05) is 5.16 Å². The van der Waals surface area contributed by atoms with Crippen LogP contribution in [0, 0.1) is 16.7 Å². The van der Waals surface area contributed by atoms with E-state index in [9.17, 15) is 5.21 Å². The van der Waals surface area contributed by atoms with Crippen molar-refractivity contribution in [3.63, 3.8) is 0 Å². The zero-order valence-corrected chi connectivity index (χ0v) is 8.30. The standard InChI is InChI=1S/C9H9N5O2/c10-4-6-9(11)14(16)7-3-1-2-5(13-15)8(7)12-6/h11,15-16H,1-3H2/b11-9?,13-5+. The van der Waals surface area contributed by atoms with Crippen LogP contribution in [0.4, 0.5) is 0 Å². The average molecular weight is 219 g/mol. The summed E-state index contributed by atoms with van der Waals surface area (Å²) in [5.41, 5.74) is 0.497. The van der Waals surface area contributed by atoms with Gasteiger partial charge in [0, 0.05) is 0 Å². The van der Waals surface area contributed by atoms with E-state index >= 15 is 0 Å². The van der Waals surface area contributed by atoms with Gasteiger partial charge >= 0.3 is 0 Å². The second-order valence-corrected chi connectivity index (χ2v) is 3.43. The second kappa shape index (κ2) is 3.66. The van der Waals surface area contributed by atoms with Crippen LogP contribution in [-0.2, 0) is 6.42 Å². The molecule has 0 fully saturated rings. The molecule has 0 aliphatic heterocycles. The van der Waals surface area contributed by atoms with Gasteiger partial charge in [-0.05, 0) is 19.3 Å². The summed E-state index contributed by atoms with van der Waals surface area (Å²) in [5, 5.41) is 37.8. The number of nitrogens with zero attached hydrogens (tertiary/aromatic N) is 4. The van der Waals surface area contributed by atoms with Crippen molar-refractivity contribution in [3.05, 3.63) is 22.6 Å². The van der Waals surface area contributed by atoms with Crippen molar-refractivity contribution in [3.8, 4) is 6.07 Å². The van der Waals surface area contributed by atoms with Gasteiger partial charge in [0.1, 0.15) is 17.5 Å². The molecule has 1 heterocycles. The van der Waals surface area contributed by atoms with Crippen LogP contribution >= 0.6 is 0 Å². The molecule has 0 amide bonds. The van der Waals surface area contributed by atoms with E-state index in [1.54, 1.807) is 6.07 Å². The molecule has 3 N–H and O–H groups in total. The molecule has 0 spiro atoms. The molecule has 0 radical (unpaired) electrons. The average Bonchev–Trinajstić information content (AvgIpc) is 2.33. The van der Waals surface area contributed by atoms with Crippen LogP contribution in [0.2, 0.25) is 0 Å². The minimum absolute atomic E-state index is 0.190. The van der Waals surface area contributed by atoms with Gasteiger partial charge in [0.2, 0.25) is 0 Å². The first-order valence-corrected chi connectivity index (χ1v) is 4.70. The van der Waals surface area contributed by atoms with Crippen molar-refractivity contribution in [2.45, 2.75) is 19.3 Å². The number of hydrogen-bond donors (Lipinski definition) is 3. The Hall–Kier alpha value is -2.36. The predicted molar refractivity (Wildman–Crippen MR) is 51.2 cm³/mol. The highest BCUT2D eigenvalue weighted by Gasteiger charge is 2.22. The first kappa shape index (κ1) is 10.2. The highest BCUT2D eigenvalue weighted by atomic mass is 16.5. The molecule has 1 aliphatic carbocycles. The highest BCUT2D eigenvalue weighted by Crippen LogP contribution is 2.18. The quantitative estimate of drug-likeness (QED) is 0.323. The summed E-state index contributed by atoms with van der Waals surface area (Å²) in [6.45, 7) is 0. The fourth-order valence-corrected chi connectivity index (χ4v) is 1.74. The lowest BCUT2D eigenvalue weighted by atomic mass is 9.98. The van der Waals surface area contributed by atoms with Crippen LogP contribution in [-0.4, -0.2) is 25.8 Å². The monoisotopic (exact) mass is 219 g/mol. The first-order valence-electron chi connectivity index (χ1n) is 4.70. The number of hydrogen-bond acceptors (Lipinski definition) is 6. The number of nitrogens with one attached hydrogen (secondary N) is 1. The molecule has 0 saturated heterocycles. The Balaban J connectivity index is 2.78. The van der Waals surface area contributed by atoms with Gasteiger partial charge in [0.25, 0.3) is 0 Å². The SMILES string of the molecule is N#Cc1nc2c(n(O)c1=N)CCC/C2=N\O. The van der Waals surface area contributed by atoms with Gasteiger partial charge in [-0.3, -0.25) is 5.41 Å². The van der Waals surface area contributed by atoms with Gasteiger partial charge in [-0.15, -0.1) is 0 Å². The molecule has 0 atom stereocenters. The Morgan fingerprint density at radius 2 is 2.25 bits per heavy atom. The Morgan fingerprint density at radius 3 is 2.88 bits per heavy atom. The molecule has 7 heteroatoms. The largest absolute Gasteiger partial charge is 0.427 e. The van der Waals surface area contributed by atoms with Crippen LogP contribution < -0.4 is 5.49 Å². The summed E-state index contributed by atoms with van der Waals surface area (Å²) in [7, 11) is 0. The Bertz CT molecular complexity index is 566. The number of nitriles is 1. The van der Waals surface area contributed by atoms with Gasteiger partial charge in [-0.25, -0.2) is 4.98 Å². The predicted octanol–water partition coefficient (Wildman–Crippen LogP) is -0.0139. The molecule has 1 aromatic rings. The lowest BCUT2D eigenvalue weighted by Gasteiger charge is -2.17. The summed E-state index contributed by atoms with van der Waals surface area (Å²) in [6, 6.07) is 1.71. The van der Waals surface area contributed by atoms with E-state index in [-0.39, 0.29) is 11.2 Å². The van der Waals surface area contributed by atoms with Gasteiger partial charge < -0.3 is 10.4 Å². The lowest BCUT2D eigenvalue weighted by Crippen LogP contribution is -2.31. The smallest absolute Gasteiger partial charge is 0.197 e. The summed E-state index contributed by atoms with van der Waals surface area (Å²) < 4.78 is 0.630. The molecule has 0 saturated carbocycles. The minimum Gasteiger partial charge on any atom is -0.427 e. The van der Waals surface area contributed by atoms with Crippen molar-refractivity contribution in [2.24, 2.45) is 5.16 Å². The molecule has 2 rings (SSSR count). The van der Waals surface area contributed by atoms with E-state index in [2.05, 4.69) is 10.1 Å². The van der Waals surface area contributed by atoms with Gasteiger partial charge in [0.15, 0.2) is 11.2 Å².